The Morgan fingerprint density at radius 1 is 1.53 bits per heavy atom. The van der Waals surface area contributed by atoms with Crippen LogP contribution in [-0.4, -0.2) is 37.9 Å². The predicted molar refractivity (Wildman–Crippen MR) is 56.1 cm³/mol. The first-order chi connectivity index (χ1) is 7.04. The molecule has 0 bridgehead atoms. The summed E-state index contributed by atoms with van der Waals surface area (Å²) in [6.45, 7) is 0. The lowest BCUT2D eigenvalue weighted by atomic mass is 9.85. The molecule has 1 aliphatic rings. The van der Waals surface area contributed by atoms with E-state index in [0.717, 1.165) is 5.57 Å². The van der Waals surface area contributed by atoms with Crippen LogP contribution in [0.5, 0.6) is 0 Å². The van der Waals surface area contributed by atoms with Crippen molar-refractivity contribution in [2.24, 2.45) is 5.92 Å². The van der Waals surface area contributed by atoms with Gasteiger partial charge in [0.2, 0.25) is 0 Å². The largest absolute Gasteiger partial charge is 0.469 e. The molecule has 4 heteroatoms. The molecule has 1 rings (SSSR count). The van der Waals surface area contributed by atoms with Gasteiger partial charge < -0.3 is 9.64 Å². The van der Waals surface area contributed by atoms with Crippen molar-refractivity contribution >= 4 is 11.8 Å². The molecule has 0 radical (unpaired) electrons. The minimum absolute atomic E-state index is 0.0605. The predicted octanol–water partition coefficient (Wildman–Crippen LogP) is 0.974. The summed E-state index contributed by atoms with van der Waals surface area (Å²) >= 11 is 0. The van der Waals surface area contributed by atoms with E-state index in [1.54, 1.807) is 0 Å². The van der Waals surface area contributed by atoms with E-state index in [-0.39, 0.29) is 24.1 Å². The molecule has 15 heavy (non-hydrogen) atoms. The van der Waals surface area contributed by atoms with Crippen LogP contribution in [0.2, 0.25) is 0 Å². The van der Waals surface area contributed by atoms with Gasteiger partial charge in [0, 0.05) is 32.3 Å². The molecule has 1 atom stereocenters. The van der Waals surface area contributed by atoms with E-state index in [4.69, 9.17) is 0 Å². The van der Waals surface area contributed by atoms with E-state index in [2.05, 4.69) is 4.74 Å². The maximum atomic E-state index is 11.7. The van der Waals surface area contributed by atoms with Gasteiger partial charge in [-0.2, -0.15) is 0 Å². The standard InChI is InChI=1S/C11H17NO3/c1-12(2)7-9-5-4-8(6-10(9)13)11(14)15-3/h7-8H,4-6H2,1-3H3. The highest BCUT2D eigenvalue weighted by Crippen LogP contribution is 2.26. The van der Waals surface area contributed by atoms with Crippen molar-refractivity contribution in [3.63, 3.8) is 0 Å². The van der Waals surface area contributed by atoms with E-state index in [9.17, 15) is 9.59 Å². The van der Waals surface area contributed by atoms with Crippen molar-refractivity contribution < 1.29 is 14.3 Å². The van der Waals surface area contributed by atoms with Crippen LogP contribution >= 0.6 is 0 Å². The molecule has 1 saturated carbocycles. The number of hydrogen-bond donors (Lipinski definition) is 0. The molecule has 0 aromatic rings. The van der Waals surface area contributed by atoms with Crippen LogP contribution in [0.1, 0.15) is 19.3 Å². The molecule has 1 fully saturated rings. The molecule has 0 aliphatic heterocycles. The Balaban J connectivity index is 2.63. The summed E-state index contributed by atoms with van der Waals surface area (Å²) in [5, 5.41) is 0. The monoisotopic (exact) mass is 211 g/mol. The summed E-state index contributed by atoms with van der Waals surface area (Å²) in [7, 11) is 5.12. The summed E-state index contributed by atoms with van der Waals surface area (Å²) in [6.07, 6.45) is 3.48. The van der Waals surface area contributed by atoms with Gasteiger partial charge in [-0.05, 0) is 12.8 Å². The number of methoxy groups -OCH3 is 1. The number of Topliss-reactive ketones (excluding diaryl/α,β-unsaturated/α-hetero) is 1. The molecule has 0 saturated heterocycles. The van der Waals surface area contributed by atoms with Gasteiger partial charge in [0.25, 0.3) is 0 Å². The maximum absolute atomic E-state index is 11.7. The highest BCUT2D eigenvalue weighted by Gasteiger charge is 2.29. The molecule has 1 unspecified atom stereocenters. The zero-order valence-corrected chi connectivity index (χ0v) is 9.45. The van der Waals surface area contributed by atoms with Gasteiger partial charge in [0.15, 0.2) is 5.78 Å². The van der Waals surface area contributed by atoms with Crippen molar-refractivity contribution in [1.82, 2.24) is 4.90 Å². The molecular weight excluding hydrogens is 194 g/mol. The quantitative estimate of drug-likeness (QED) is 0.504. The second-order valence-corrected chi connectivity index (χ2v) is 4.00. The Kier molecular flexibility index (Phi) is 3.88. The molecule has 0 amide bonds. The fourth-order valence-electron chi connectivity index (χ4n) is 1.74. The Labute approximate surface area is 89.9 Å². The van der Waals surface area contributed by atoms with E-state index in [1.807, 2.05) is 25.2 Å². The summed E-state index contributed by atoms with van der Waals surface area (Å²) in [5.41, 5.74) is 0.806. The lowest BCUT2D eigenvalue weighted by molar-refractivity contribution is -0.147. The number of ketones is 1. The lowest BCUT2D eigenvalue weighted by Crippen LogP contribution is -2.26. The Hall–Kier alpha value is -1.32. The van der Waals surface area contributed by atoms with Crippen molar-refractivity contribution in [1.29, 1.82) is 0 Å². The third kappa shape index (κ3) is 3.08. The second kappa shape index (κ2) is 4.96. The summed E-state index contributed by atoms with van der Waals surface area (Å²) in [5.74, 6) is -0.459. The molecule has 1 aliphatic carbocycles. The van der Waals surface area contributed by atoms with Crippen LogP contribution in [0, 0.1) is 5.92 Å². The molecular formula is C11H17NO3. The minimum Gasteiger partial charge on any atom is -0.469 e. The molecule has 4 nitrogen and oxygen atoms in total. The first kappa shape index (κ1) is 11.8. The first-order valence-electron chi connectivity index (χ1n) is 5.02. The minimum atomic E-state index is -0.271. The second-order valence-electron chi connectivity index (χ2n) is 4.00. The fourth-order valence-corrected chi connectivity index (χ4v) is 1.74. The zero-order valence-electron chi connectivity index (χ0n) is 9.45. The van der Waals surface area contributed by atoms with Crippen LogP contribution in [0.25, 0.3) is 0 Å². The smallest absolute Gasteiger partial charge is 0.309 e. The number of ether oxygens (including phenoxy) is 1. The van der Waals surface area contributed by atoms with Crippen molar-refractivity contribution in [3.8, 4) is 0 Å². The van der Waals surface area contributed by atoms with Crippen LogP contribution < -0.4 is 0 Å². The van der Waals surface area contributed by atoms with Gasteiger partial charge in [-0.3, -0.25) is 9.59 Å². The summed E-state index contributed by atoms with van der Waals surface area (Å²) < 4.78 is 4.63. The van der Waals surface area contributed by atoms with Crippen LogP contribution in [-0.2, 0) is 14.3 Å². The SMILES string of the molecule is COC(=O)C1CCC(=CN(C)C)C(=O)C1. The van der Waals surface area contributed by atoms with Gasteiger partial charge in [-0.1, -0.05) is 0 Å². The first-order valence-corrected chi connectivity index (χ1v) is 5.02. The van der Waals surface area contributed by atoms with Crippen LogP contribution in [0.3, 0.4) is 0 Å². The maximum Gasteiger partial charge on any atom is 0.309 e. The Morgan fingerprint density at radius 2 is 2.20 bits per heavy atom. The van der Waals surface area contributed by atoms with Crippen molar-refractivity contribution in [2.45, 2.75) is 19.3 Å². The number of rotatable bonds is 2. The van der Waals surface area contributed by atoms with Gasteiger partial charge in [-0.15, -0.1) is 0 Å². The molecule has 0 heterocycles. The van der Waals surface area contributed by atoms with Gasteiger partial charge in [0.1, 0.15) is 0 Å². The Morgan fingerprint density at radius 3 is 2.67 bits per heavy atom. The number of hydrogen-bond acceptors (Lipinski definition) is 4. The average Bonchev–Trinajstić information content (AvgIpc) is 2.19. The van der Waals surface area contributed by atoms with Crippen LogP contribution in [0.4, 0.5) is 0 Å². The molecule has 0 aromatic heterocycles. The van der Waals surface area contributed by atoms with Crippen molar-refractivity contribution in [2.75, 3.05) is 21.2 Å². The molecule has 0 N–H and O–H groups in total. The summed E-state index contributed by atoms with van der Waals surface area (Å²) in [4.78, 5) is 24.7. The van der Waals surface area contributed by atoms with E-state index < -0.39 is 0 Å². The topological polar surface area (TPSA) is 46.6 Å². The van der Waals surface area contributed by atoms with E-state index in [1.165, 1.54) is 7.11 Å². The highest BCUT2D eigenvalue weighted by atomic mass is 16.5. The third-order valence-corrected chi connectivity index (χ3v) is 2.50. The number of carbonyl (C=O) groups excluding carboxylic acids is 2. The molecule has 84 valence electrons. The van der Waals surface area contributed by atoms with E-state index in [0.29, 0.717) is 12.8 Å². The normalized spacial score (nSPS) is 24.1. The molecule has 0 aromatic carbocycles. The summed E-state index contributed by atoms with van der Waals surface area (Å²) in [6, 6.07) is 0. The van der Waals surface area contributed by atoms with Crippen LogP contribution in [0.15, 0.2) is 11.8 Å². The van der Waals surface area contributed by atoms with E-state index >= 15 is 0 Å². The third-order valence-electron chi connectivity index (χ3n) is 2.50. The van der Waals surface area contributed by atoms with Gasteiger partial charge >= 0.3 is 5.97 Å². The van der Waals surface area contributed by atoms with Gasteiger partial charge in [-0.25, -0.2) is 0 Å². The zero-order chi connectivity index (χ0) is 11.4. The number of nitrogens with zero attached hydrogens (tertiary/aromatic N) is 1. The number of allylic oxidation sites excluding steroid dienone is 1. The highest BCUT2D eigenvalue weighted by molar-refractivity contribution is 5.98. The van der Waals surface area contributed by atoms with Gasteiger partial charge in [0.05, 0.1) is 13.0 Å². The number of esters is 1. The lowest BCUT2D eigenvalue weighted by Gasteiger charge is -2.21. The average molecular weight is 211 g/mol. The van der Waals surface area contributed by atoms with Crippen molar-refractivity contribution in [3.05, 3.63) is 11.8 Å². The Bertz CT molecular complexity index is 294. The fraction of sp³-hybridized carbons (Fsp3) is 0.636. The molecule has 0 spiro atoms. The number of carbonyl (C=O) groups is 2.